The summed E-state index contributed by atoms with van der Waals surface area (Å²) in [5.74, 6) is 6.64. The number of carbonyl (C=O) groups excluding carboxylic acids is 1. The van der Waals surface area contributed by atoms with E-state index < -0.39 is 5.60 Å². The fraction of sp³-hybridized carbons (Fsp3) is 0.381. The van der Waals surface area contributed by atoms with Gasteiger partial charge in [0.15, 0.2) is 0 Å². The Labute approximate surface area is 164 Å². The van der Waals surface area contributed by atoms with E-state index in [4.69, 9.17) is 5.73 Å². The molecule has 0 spiro atoms. The molecule has 2 aromatic rings. The highest BCUT2D eigenvalue weighted by Gasteiger charge is 2.42. The number of aliphatic hydroxyl groups is 1. The van der Waals surface area contributed by atoms with Gasteiger partial charge in [-0.2, -0.15) is 0 Å². The Morgan fingerprint density at radius 1 is 1.29 bits per heavy atom. The summed E-state index contributed by atoms with van der Waals surface area (Å²) in [6.07, 6.45) is 1.13. The first-order valence-electron chi connectivity index (χ1n) is 9.34. The van der Waals surface area contributed by atoms with Crippen LogP contribution in [0.4, 0.5) is 11.5 Å². The molecule has 1 fully saturated rings. The van der Waals surface area contributed by atoms with E-state index in [9.17, 15) is 9.90 Å². The van der Waals surface area contributed by atoms with Crippen molar-refractivity contribution in [1.82, 2.24) is 14.9 Å². The molecule has 2 aliphatic heterocycles. The predicted octanol–water partition coefficient (Wildman–Crippen LogP) is 0.875. The van der Waals surface area contributed by atoms with Crippen LogP contribution >= 0.6 is 0 Å². The highest BCUT2D eigenvalue weighted by Crippen LogP contribution is 2.27. The van der Waals surface area contributed by atoms with Crippen molar-refractivity contribution in [2.75, 3.05) is 30.8 Å². The second-order valence-corrected chi connectivity index (χ2v) is 7.39. The normalized spacial score (nSPS) is 21.3. The average Bonchev–Trinajstić information content (AvgIpc) is 2.94. The number of amides is 1. The number of nitrogens with two attached hydrogens (primary N) is 1. The fourth-order valence-electron chi connectivity index (χ4n) is 3.71. The van der Waals surface area contributed by atoms with Crippen LogP contribution in [0.2, 0.25) is 0 Å². The van der Waals surface area contributed by atoms with Gasteiger partial charge in [0.05, 0.1) is 5.69 Å². The van der Waals surface area contributed by atoms with Gasteiger partial charge in [-0.15, -0.1) is 0 Å². The molecule has 3 heterocycles. The Morgan fingerprint density at radius 2 is 2.11 bits per heavy atom. The summed E-state index contributed by atoms with van der Waals surface area (Å²) >= 11 is 0. The van der Waals surface area contributed by atoms with Crippen molar-refractivity contribution in [3.05, 3.63) is 46.9 Å². The van der Waals surface area contributed by atoms with Gasteiger partial charge < -0.3 is 20.6 Å². The lowest BCUT2D eigenvalue weighted by atomic mass is 10.0. The maximum Gasteiger partial charge on any atom is 0.267 e. The van der Waals surface area contributed by atoms with E-state index in [1.807, 2.05) is 31.2 Å². The summed E-state index contributed by atoms with van der Waals surface area (Å²) in [4.78, 5) is 24.6. The van der Waals surface area contributed by atoms with Gasteiger partial charge >= 0.3 is 0 Å². The number of carbonyl (C=O) groups is 1. The number of rotatable bonds is 1. The molecule has 7 nitrogen and oxygen atoms in total. The van der Waals surface area contributed by atoms with E-state index in [-0.39, 0.29) is 5.91 Å². The minimum absolute atomic E-state index is 0.330. The molecule has 7 heteroatoms. The van der Waals surface area contributed by atoms with Crippen LogP contribution in [0, 0.1) is 18.8 Å². The Balaban J connectivity index is 1.57. The van der Waals surface area contributed by atoms with E-state index in [0.29, 0.717) is 31.2 Å². The van der Waals surface area contributed by atoms with Crippen molar-refractivity contribution in [3.8, 4) is 11.8 Å². The van der Waals surface area contributed by atoms with Gasteiger partial charge in [-0.25, -0.2) is 9.97 Å². The molecule has 28 heavy (non-hydrogen) atoms. The second-order valence-electron chi connectivity index (χ2n) is 7.39. The van der Waals surface area contributed by atoms with E-state index in [1.54, 1.807) is 7.05 Å². The van der Waals surface area contributed by atoms with Crippen molar-refractivity contribution >= 4 is 17.4 Å². The zero-order valence-electron chi connectivity index (χ0n) is 16.1. The molecular weight excluding hydrogens is 354 g/mol. The summed E-state index contributed by atoms with van der Waals surface area (Å²) in [6, 6.07) is 7.79. The third kappa shape index (κ3) is 3.27. The van der Waals surface area contributed by atoms with E-state index >= 15 is 0 Å². The average molecular weight is 377 g/mol. The summed E-state index contributed by atoms with van der Waals surface area (Å²) < 4.78 is 0. The number of fused-ring (bicyclic) bond motifs is 1. The number of nitrogen functional groups attached to an aromatic ring is 1. The van der Waals surface area contributed by atoms with Crippen molar-refractivity contribution in [3.63, 3.8) is 0 Å². The Morgan fingerprint density at radius 3 is 2.86 bits per heavy atom. The lowest BCUT2D eigenvalue weighted by Gasteiger charge is -2.30. The van der Waals surface area contributed by atoms with Crippen LogP contribution in [0.25, 0.3) is 0 Å². The van der Waals surface area contributed by atoms with E-state index in [0.717, 1.165) is 35.5 Å². The van der Waals surface area contributed by atoms with Crippen molar-refractivity contribution in [1.29, 1.82) is 0 Å². The molecule has 0 saturated carbocycles. The van der Waals surface area contributed by atoms with Gasteiger partial charge in [0.2, 0.25) is 5.60 Å². The molecule has 1 aromatic carbocycles. The number of aromatic nitrogens is 2. The first-order valence-corrected chi connectivity index (χ1v) is 9.34. The highest BCUT2D eigenvalue weighted by atomic mass is 16.3. The minimum atomic E-state index is -1.58. The first kappa shape index (κ1) is 18.3. The number of benzene rings is 1. The quantitative estimate of drug-likeness (QED) is 0.716. The summed E-state index contributed by atoms with van der Waals surface area (Å²) in [5.41, 5.74) is 8.28. The molecule has 144 valence electrons. The predicted molar refractivity (Wildman–Crippen MR) is 106 cm³/mol. The minimum Gasteiger partial charge on any atom is -0.383 e. The van der Waals surface area contributed by atoms with Gasteiger partial charge in [-0.05, 0) is 25.1 Å². The maximum atomic E-state index is 12.1. The number of hydrogen-bond donors (Lipinski definition) is 2. The standard InChI is InChI=1S/C21H23N5O2/c1-14-23-18-7-10-26(13-17(18)19(22)24-14)16-5-3-4-15(12-16)6-8-21(28)9-11-25(2)20(21)27/h3-5,12,28H,7,9-11,13H2,1-2H3,(H2,22,23,24). The number of nitrogens with zero attached hydrogens (tertiary/aromatic N) is 4. The number of likely N-dealkylation sites (N-methyl/N-ethyl adjacent to an activating group) is 1. The summed E-state index contributed by atoms with van der Waals surface area (Å²) in [6.45, 7) is 3.84. The molecular formula is C21H23N5O2. The highest BCUT2D eigenvalue weighted by molar-refractivity contribution is 5.90. The summed E-state index contributed by atoms with van der Waals surface area (Å²) in [7, 11) is 1.67. The zero-order chi connectivity index (χ0) is 19.9. The molecule has 1 atom stereocenters. The topological polar surface area (TPSA) is 95.6 Å². The molecule has 1 amide bonds. The molecule has 1 aromatic heterocycles. The third-order valence-corrected chi connectivity index (χ3v) is 5.34. The van der Waals surface area contributed by atoms with E-state index in [1.165, 1.54) is 4.90 Å². The molecule has 1 unspecified atom stereocenters. The molecule has 0 bridgehead atoms. The van der Waals surface area contributed by atoms with Gasteiger partial charge in [0, 0.05) is 56.3 Å². The van der Waals surface area contributed by atoms with Gasteiger partial charge in [-0.1, -0.05) is 17.9 Å². The number of hydrogen-bond acceptors (Lipinski definition) is 6. The van der Waals surface area contributed by atoms with Gasteiger partial charge in [0.25, 0.3) is 5.91 Å². The van der Waals surface area contributed by atoms with Crippen LogP contribution in [0.1, 0.15) is 29.1 Å². The van der Waals surface area contributed by atoms with Crippen molar-refractivity contribution in [2.24, 2.45) is 0 Å². The first-order chi connectivity index (χ1) is 13.4. The molecule has 0 aliphatic carbocycles. The van der Waals surface area contributed by atoms with E-state index in [2.05, 4.69) is 26.7 Å². The van der Waals surface area contributed by atoms with Crippen LogP contribution in [0.3, 0.4) is 0 Å². The van der Waals surface area contributed by atoms with Crippen LogP contribution in [-0.2, 0) is 17.8 Å². The monoisotopic (exact) mass is 377 g/mol. The van der Waals surface area contributed by atoms with Crippen molar-refractivity contribution < 1.29 is 9.90 Å². The van der Waals surface area contributed by atoms with Crippen LogP contribution in [0.5, 0.6) is 0 Å². The third-order valence-electron chi connectivity index (χ3n) is 5.34. The number of aryl methyl sites for hydroxylation is 1. The second kappa shape index (κ2) is 6.80. The number of likely N-dealkylation sites (tertiary alicyclic amines) is 1. The van der Waals surface area contributed by atoms with Gasteiger partial charge in [0.1, 0.15) is 11.6 Å². The smallest absolute Gasteiger partial charge is 0.267 e. The maximum absolute atomic E-state index is 12.1. The Bertz CT molecular complexity index is 1010. The summed E-state index contributed by atoms with van der Waals surface area (Å²) in [5, 5.41) is 10.5. The molecule has 4 rings (SSSR count). The van der Waals surface area contributed by atoms with Crippen molar-refractivity contribution in [2.45, 2.75) is 31.9 Å². The zero-order valence-corrected chi connectivity index (χ0v) is 16.1. The Kier molecular flexibility index (Phi) is 4.44. The molecule has 3 N–H and O–H groups in total. The SMILES string of the molecule is Cc1nc(N)c2c(n1)CCN(c1cccc(C#CC3(O)CCN(C)C3=O)c1)C2. The van der Waals surface area contributed by atoms with Crippen LogP contribution < -0.4 is 10.6 Å². The lowest BCUT2D eigenvalue weighted by Crippen LogP contribution is -2.37. The molecule has 1 saturated heterocycles. The van der Waals surface area contributed by atoms with Crippen LogP contribution in [-0.4, -0.2) is 51.6 Å². The molecule has 2 aliphatic rings. The largest absolute Gasteiger partial charge is 0.383 e. The molecule has 0 radical (unpaired) electrons. The van der Waals surface area contributed by atoms with Crippen LogP contribution in [0.15, 0.2) is 24.3 Å². The lowest BCUT2D eigenvalue weighted by molar-refractivity contribution is -0.137. The number of anilines is 2. The fourth-order valence-corrected chi connectivity index (χ4v) is 3.71. The Hall–Kier alpha value is -3.11. The van der Waals surface area contributed by atoms with Gasteiger partial charge in [-0.3, -0.25) is 4.79 Å².